The molecule has 0 fully saturated rings. The molecular formula is C44H36Cl4N6O3. The highest BCUT2D eigenvalue weighted by molar-refractivity contribution is 6.36. The minimum Gasteiger partial charge on any atom is -0.506 e. The van der Waals surface area contributed by atoms with E-state index in [0.717, 1.165) is 27.7 Å². The molecule has 288 valence electrons. The Balaban J connectivity index is 0.000000173. The Kier molecular flexibility index (Phi) is 15.0. The SMILES string of the molecule is Cc1cccc(N)n1.Cc1cccc(NC(c2ccc(Cl)cc2Cl)c2ccc3cccnc3c2O)n1.O=Cc1ccc(Cl)cc1Cl.Oc1cccc2cccnc12. The average molecular weight is 839 g/mol. The van der Waals surface area contributed by atoms with E-state index in [4.69, 9.17) is 52.1 Å². The second-order valence-electron chi connectivity index (χ2n) is 12.3. The number of nitrogens with one attached hydrogen (secondary N) is 1. The first-order valence-electron chi connectivity index (χ1n) is 17.3. The van der Waals surface area contributed by atoms with E-state index in [1.807, 2.05) is 92.7 Å². The first-order chi connectivity index (χ1) is 27.4. The summed E-state index contributed by atoms with van der Waals surface area (Å²) in [7, 11) is 0. The summed E-state index contributed by atoms with van der Waals surface area (Å²) in [5, 5.41) is 27.5. The Morgan fingerprint density at radius 1 is 0.632 bits per heavy atom. The number of para-hydroxylation sites is 1. The Hall–Kier alpha value is -5.97. The monoisotopic (exact) mass is 836 g/mol. The van der Waals surface area contributed by atoms with Crippen LogP contribution in [0.5, 0.6) is 11.5 Å². The quantitative estimate of drug-likeness (QED) is 0.124. The molecule has 9 nitrogen and oxygen atoms in total. The molecule has 8 rings (SSSR count). The van der Waals surface area contributed by atoms with Crippen molar-refractivity contribution in [3.63, 3.8) is 0 Å². The van der Waals surface area contributed by atoms with Crippen molar-refractivity contribution in [2.75, 3.05) is 11.1 Å². The molecule has 0 amide bonds. The number of pyridine rings is 4. The minimum absolute atomic E-state index is 0.106. The third kappa shape index (κ3) is 11.8. The Labute approximate surface area is 349 Å². The van der Waals surface area contributed by atoms with Crippen molar-refractivity contribution in [2.45, 2.75) is 19.9 Å². The van der Waals surface area contributed by atoms with Crippen molar-refractivity contribution in [3.8, 4) is 11.5 Å². The van der Waals surface area contributed by atoms with Gasteiger partial charge in [0.15, 0.2) is 6.29 Å². The lowest BCUT2D eigenvalue weighted by Crippen LogP contribution is -2.14. The van der Waals surface area contributed by atoms with Gasteiger partial charge in [0, 0.05) is 60.7 Å². The van der Waals surface area contributed by atoms with Crippen LogP contribution in [0, 0.1) is 13.8 Å². The third-order valence-corrected chi connectivity index (χ3v) is 9.28. The Bertz CT molecular complexity index is 2610. The second-order valence-corrected chi connectivity index (χ2v) is 14.0. The molecule has 57 heavy (non-hydrogen) atoms. The number of aryl methyl sites for hydroxylation is 2. The maximum Gasteiger partial charge on any atom is 0.151 e. The van der Waals surface area contributed by atoms with E-state index in [1.165, 1.54) is 6.07 Å². The number of hydrogen-bond donors (Lipinski definition) is 4. The molecule has 0 aliphatic rings. The van der Waals surface area contributed by atoms with Crippen LogP contribution in [-0.2, 0) is 0 Å². The van der Waals surface area contributed by atoms with Crippen molar-refractivity contribution in [2.24, 2.45) is 0 Å². The molecule has 0 aliphatic carbocycles. The molecule has 1 atom stereocenters. The first-order valence-corrected chi connectivity index (χ1v) is 18.8. The van der Waals surface area contributed by atoms with Crippen LogP contribution >= 0.6 is 46.4 Å². The number of halogens is 4. The number of nitrogen functional groups attached to an aromatic ring is 1. The first kappa shape index (κ1) is 42.2. The van der Waals surface area contributed by atoms with Crippen molar-refractivity contribution < 1.29 is 15.0 Å². The number of aromatic hydroxyl groups is 2. The highest BCUT2D eigenvalue weighted by atomic mass is 35.5. The molecule has 4 aromatic heterocycles. The van der Waals surface area contributed by atoms with E-state index in [0.29, 0.717) is 60.2 Å². The van der Waals surface area contributed by atoms with Crippen LogP contribution in [0.25, 0.3) is 21.8 Å². The van der Waals surface area contributed by atoms with Gasteiger partial charge in [-0.25, -0.2) is 9.97 Å². The van der Waals surface area contributed by atoms with Gasteiger partial charge in [-0.3, -0.25) is 14.8 Å². The summed E-state index contributed by atoms with van der Waals surface area (Å²) in [5.41, 5.74) is 10.3. The van der Waals surface area contributed by atoms with Gasteiger partial charge in [0.25, 0.3) is 0 Å². The normalized spacial score (nSPS) is 10.8. The van der Waals surface area contributed by atoms with Crippen LogP contribution in [0.1, 0.15) is 38.9 Å². The summed E-state index contributed by atoms with van der Waals surface area (Å²) in [5.74, 6) is 1.61. The zero-order valence-corrected chi connectivity index (χ0v) is 33.6. The summed E-state index contributed by atoms with van der Waals surface area (Å²) in [6.45, 7) is 3.84. The van der Waals surface area contributed by atoms with Gasteiger partial charge in [-0.05, 0) is 92.2 Å². The fourth-order valence-electron chi connectivity index (χ4n) is 5.46. The van der Waals surface area contributed by atoms with E-state index in [1.54, 1.807) is 54.9 Å². The van der Waals surface area contributed by atoms with Crippen LogP contribution in [0.2, 0.25) is 20.1 Å². The molecule has 0 bridgehead atoms. The molecular weight excluding hydrogens is 802 g/mol. The number of nitrogens with two attached hydrogens (primary N) is 1. The number of rotatable bonds is 5. The maximum absolute atomic E-state index is 11.0. The zero-order chi connectivity index (χ0) is 40.9. The van der Waals surface area contributed by atoms with Gasteiger partial charge < -0.3 is 21.3 Å². The number of hydrogen-bond acceptors (Lipinski definition) is 9. The number of aldehydes is 1. The smallest absolute Gasteiger partial charge is 0.151 e. The lowest BCUT2D eigenvalue weighted by molar-refractivity contribution is 0.112. The van der Waals surface area contributed by atoms with E-state index in [9.17, 15) is 15.0 Å². The lowest BCUT2D eigenvalue weighted by atomic mass is 9.96. The van der Waals surface area contributed by atoms with Crippen LogP contribution in [0.3, 0.4) is 0 Å². The van der Waals surface area contributed by atoms with Crippen molar-refractivity contribution >= 4 is 86.1 Å². The summed E-state index contributed by atoms with van der Waals surface area (Å²) in [4.78, 5) is 27.0. The summed E-state index contributed by atoms with van der Waals surface area (Å²) in [6, 6.07) is 37.6. The van der Waals surface area contributed by atoms with Crippen molar-refractivity contribution in [1.82, 2.24) is 19.9 Å². The lowest BCUT2D eigenvalue weighted by Gasteiger charge is -2.23. The molecule has 5 N–H and O–H groups in total. The van der Waals surface area contributed by atoms with Gasteiger partial charge >= 0.3 is 0 Å². The second kappa shape index (κ2) is 20.3. The van der Waals surface area contributed by atoms with Crippen LogP contribution < -0.4 is 11.1 Å². The van der Waals surface area contributed by atoms with Gasteiger partial charge in [0.05, 0.1) is 11.1 Å². The molecule has 4 heterocycles. The van der Waals surface area contributed by atoms with Crippen LogP contribution in [0.4, 0.5) is 11.6 Å². The number of phenols is 2. The number of carbonyl (C=O) groups is 1. The fraction of sp³-hybridized carbons (Fsp3) is 0.0682. The number of carbonyl (C=O) groups excluding carboxylic acids is 1. The molecule has 0 saturated carbocycles. The largest absolute Gasteiger partial charge is 0.506 e. The molecule has 8 aromatic rings. The van der Waals surface area contributed by atoms with Gasteiger partial charge in [-0.15, -0.1) is 0 Å². The molecule has 4 aromatic carbocycles. The number of anilines is 2. The van der Waals surface area contributed by atoms with Gasteiger partial charge in [0.1, 0.15) is 34.2 Å². The predicted molar refractivity (Wildman–Crippen MR) is 233 cm³/mol. The average Bonchev–Trinajstić information content (AvgIpc) is 3.19. The van der Waals surface area contributed by atoms with Gasteiger partial charge in [0.2, 0.25) is 0 Å². The number of aromatic nitrogens is 4. The highest BCUT2D eigenvalue weighted by Crippen LogP contribution is 2.39. The number of benzene rings is 4. The standard InChI is InChI=1S/C22H17Cl2N3O.C9H7NO.C7H4Cl2O.C6H8N2/c1-13-4-2-6-19(26-13)27-21(16-10-8-15(23)12-18(16)24)17-9-7-14-5-3-11-25-20(14)22(17)28;11-8-5-1-3-7-4-2-6-10-9(7)8;8-6-2-1-5(4-10)7(9)3-6;1-5-3-2-4-6(7)8-5/h2-12,21,28H,1H3,(H,26,27);1-6,11H;1-4H;2-4H,1H3,(H2,7,8). The molecule has 0 aliphatic heterocycles. The highest BCUT2D eigenvalue weighted by Gasteiger charge is 2.23. The third-order valence-electron chi connectivity index (χ3n) is 8.15. The summed E-state index contributed by atoms with van der Waals surface area (Å²) >= 11 is 23.8. The van der Waals surface area contributed by atoms with Crippen LogP contribution in [-0.4, -0.2) is 36.4 Å². The topological polar surface area (TPSA) is 147 Å². The number of fused-ring (bicyclic) bond motifs is 2. The van der Waals surface area contributed by atoms with Crippen molar-refractivity contribution in [1.29, 1.82) is 0 Å². The van der Waals surface area contributed by atoms with Crippen molar-refractivity contribution in [3.05, 3.63) is 188 Å². The number of phenolic OH excluding ortho intramolecular Hbond substituents is 2. The van der Waals surface area contributed by atoms with E-state index in [-0.39, 0.29) is 11.5 Å². The summed E-state index contributed by atoms with van der Waals surface area (Å²) in [6.07, 6.45) is 4.02. The fourth-order valence-corrected chi connectivity index (χ4v) is 6.43. The Morgan fingerprint density at radius 3 is 1.81 bits per heavy atom. The molecule has 0 saturated heterocycles. The molecule has 1 unspecified atom stereocenters. The molecule has 13 heteroatoms. The van der Waals surface area contributed by atoms with E-state index in [2.05, 4.69) is 25.3 Å². The zero-order valence-electron chi connectivity index (χ0n) is 30.6. The predicted octanol–water partition coefficient (Wildman–Crippen LogP) is 11.9. The van der Waals surface area contributed by atoms with Crippen LogP contribution in [0.15, 0.2) is 140 Å². The summed E-state index contributed by atoms with van der Waals surface area (Å²) < 4.78 is 0. The number of nitrogens with zero attached hydrogens (tertiary/aromatic N) is 4. The minimum atomic E-state index is -0.439. The Morgan fingerprint density at radius 2 is 1.21 bits per heavy atom. The van der Waals surface area contributed by atoms with Gasteiger partial charge in [-0.1, -0.05) is 101 Å². The van der Waals surface area contributed by atoms with E-state index >= 15 is 0 Å². The maximum atomic E-state index is 11.0. The van der Waals surface area contributed by atoms with Gasteiger partial charge in [-0.2, -0.15) is 0 Å². The molecule has 0 spiro atoms. The van der Waals surface area contributed by atoms with E-state index < -0.39 is 6.04 Å². The molecule has 0 radical (unpaired) electrons.